The highest BCUT2D eigenvalue weighted by molar-refractivity contribution is 8.00. The number of rotatable bonds is 7. The number of hydrogen-bond acceptors (Lipinski definition) is 7. The highest BCUT2D eigenvalue weighted by Crippen LogP contribution is 2.31. The molecule has 1 aliphatic heterocycles. The van der Waals surface area contributed by atoms with Crippen LogP contribution >= 0.6 is 23.1 Å². The minimum atomic E-state index is -0.0781. The Hall–Kier alpha value is -2.58. The van der Waals surface area contributed by atoms with Gasteiger partial charge in [0.25, 0.3) is 0 Å². The number of anilines is 1. The molecular formula is C20H19N3O3S2. The van der Waals surface area contributed by atoms with Gasteiger partial charge in [-0.15, -0.1) is 10.2 Å². The second-order valence-electron chi connectivity index (χ2n) is 6.17. The number of nitrogens with zero attached hydrogens (tertiary/aromatic N) is 2. The Bertz CT molecular complexity index is 947. The third-order valence-electron chi connectivity index (χ3n) is 4.11. The van der Waals surface area contributed by atoms with E-state index in [1.54, 1.807) is 11.8 Å². The van der Waals surface area contributed by atoms with Gasteiger partial charge in [-0.25, -0.2) is 0 Å². The number of hydrogen-bond donors (Lipinski definition) is 1. The maximum absolute atomic E-state index is 12.2. The zero-order chi connectivity index (χ0) is 19.2. The topological polar surface area (TPSA) is 73.3 Å². The number of ether oxygens (including phenoxy) is 2. The van der Waals surface area contributed by atoms with Gasteiger partial charge >= 0.3 is 0 Å². The van der Waals surface area contributed by atoms with E-state index in [9.17, 15) is 4.79 Å². The normalized spacial score (nSPS) is 12.6. The minimum Gasteiger partial charge on any atom is -0.486 e. The Morgan fingerprint density at radius 2 is 1.86 bits per heavy atom. The number of amides is 1. The zero-order valence-electron chi connectivity index (χ0n) is 15.1. The zero-order valence-corrected chi connectivity index (χ0v) is 16.7. The smallest absolute Gasteiger partial charge is 0.226 e. The molecule has 4 rings (SSSR count). The quantitative estimate of drug-likeness (QED) is 0.463. The predicted octanol–water partition coefficient (Wildman–Crippen LogP) is 4.17. The predicted molar refractivity (Wildman–Crippen MR) is 110 cm³/mol. The third-order valence-corrected chi connectivity index (χ3v) is 6.15. The van der Waals surface area contributed by atoms with Crippen molar-refractivity contribution in [2.45, 2.75) is 22.9 Å². The van der Waals surface area contributed by atoms with E-state index >= 15 is 0 Å². The lowest BCUT2D eigenvalue weighted by atomic mass is 10.1. The molecule has 8 heteroatoms. The van der Waals surface area contributed by atoms with Crippen molar-refractivity contribution in [2.24, 2.45) is 0 Å². The molecule has 2 heterocycles. The fourth-order valence-electron chi connectivity index (χ4n) is 2.72. The van der Waals surface area contributed by atoms with Crippen molar-refractivity contribution in [3.05, 3.63) is 59.7 Å². The summed E-state index contributed by atoms with van der Waals surface area (Å²) in [5.41, 5.74) is 2.27. The van der Waals surface area contributed by atoms with Crippen molar-refractivity contribution in [2.75, 3.05) is 18.5 Å². The van der Waals surface area contributed by atoms with Gasteiger partial charge in [0.2, 0.25) is 11.0 Å². The molecule has 1 amide bonds. The standard InChI is InChI=1S/C20H19N3O3S2/c24-18(9-7-14-6-8-16-17(12-14)26-11-10-25-16)21-19-22-23-20(28-19)27-13-15-4-2-1-3-5-15/h1-6,8,12H,7,9-11,13H2,(H,21,22,24). The molecule has 144 valence electrons. The highest BCUT2D eigenvalue weighted by atomic mass is 32.2. The molecular weight excluding hydrogens is 394 g/mol. The van der Waals surface area contributed by atoms with E-state index in [1.165, 1.54) is 16.9 Å². The van der Waals surface area contributed by atoms with Crippen LogP contribution in [-0.2, 0) is 17.0 Å². The number of aromatic nitrogens is 2. The van der Waals surface area contributed by atoms with E-state index in [4.69, 9.17) is 9.47 Å². The summed E-state index contributed by atoms with van der Waals surface area (Å²) in [6.45, 7) is 1.13. The Morgan fingerprint density at radius 1 is 1.04 bits per heavy atom. The molecule has 0 unspecified atom stereocenters. The van der Waals surface area contributed by atoms with E-state index in [-0.39, 0.29) is 5.91 Å². The van der Waals surface area contributed by atoms with Gasteiger partial charge in [0.1, 0.15) is 13.2 Å². The van der Waals surface area contributed by atoms with Gasteiger partial charge in [-0.2, -0.15) is 0 Å². The lowest BCUT2D eigenvalue weighted by molar-refractivity contribution is -0.116. The second-order valence-corrected chi connectivity index (χ2v) is 8.37. The largest absolute Gasteiger partial charge is 0.486 e. The molecule has 0 spiro atoms. The Balaban J connectivity index is 1.25. The summed E-state index contributed by atoms with van der Waals surface area (Å²) in [5.74, 6) is 2.25. The van der Waals surface area contributed by atoms with E-state index in [0.29, 0.717) is 31.2 Å². The molecule has 3 aromatic rings. The van der Waals surface area contributed by atoms with Crippen LogP contribution in [0.3, 0.4) is 0 Å². The molecule has 1 N–H and O–H groups in total. The van der Waals surface area contributed by atoms with Gasteiger partial charge in [-0.1, -0.05) is 59.5 Å². The first-order valence-corrected chi connectivity index (χ1v) is 10.7. The summed E-state index contributed by atoms with van der Waals surface area (Å²) >= 11 is 3.01. The molecule has 0 radical (unpaired) electrons. The van der Waals surface area contributed by atoms with Gasteiger partial charge < -0.3 is 14.8 Å². The second kappa shape index (κ2) is 9.07. The van der Waals surface area contributed by atoms with Gasteiger partial charge in [-0.3, -0.25) is 4.79 Å². The van der Waals surface area contributed by atoms with Crippen LogP contribution in [-0.4, -0.2) is 29.3 Å². The Morgan fingerprint density at radius 3 is 2.71 bits per heavy atom. The highest BCUT2D eigenvalue weighted by Gasteiger charge is 2.13. The maximum Gasteiger partial charge on any atom is 0.226 e. The summed E-state index contributed by atoms with van der Waals surface area (Å²) in [7, 11) is 0. The summed E-state index contributed by atoms with van der Waals surface area (Å²) in [6, 6.07) is 16.0. The number of benzene rings is 2. The van der Waals surface area contributed by atoms with Crippen LogP contribution in [0.2, 0.25) is 0 Å². The Kier molecular flexibility index (Phi) is 6.08. The van der Waals surface area contributed by atoms with Gasteiger partial charge in [0, 0.05) is 12.2 Å². The number of nitrogens with one attached hydrogen (secondary N) is 1. The van der Waals surface area contributed by atoms with E-state index in [0.717, 1.165) is 27.2 Å². The average Bonchev–Trinajstić information content (AvgIpc) is 3.18. The average molecular weight is 414 g/mol. The number of aryl methyl sites for hydroxylation is 1. The number of fused-ring (bicyclic) bond motifs is 1. The lowest BCUT2D eigenvalue weighted by Crippen LogP contribution is -2.15. The number of carbonyl (C=O) groups is 1. The fraction of sp³-hybridized carbons (Fsp3) is 0.250. The molecule has 28 heavy (non-hydrogen) atoms. The van der Waals surface area contributed by atoms with Crippen LogP contribution in [0.5, 0.6) is 11.5 Å². The molecule has 0 aliphatic carbocycles. The van der Waals surface area contributed by atoms with E-state index in [2.05, 4.69) is 27.6 Å². The fourth-order valence-corrected chi connectivity index (χ4v) is 4.44. The van der Waals surface area contributed by atoms with Gasteiger partial charge in [0.15, 0.2) is 15.8 Å². The van der Waals surface area contributed by atoms with Crippen molar-refractivity contribution >= 4 is 34.1 Å². The minimum absolute atomic E-state index is 0.0781. The summed E-state index contributed by atoms with van der Waals surface area (Å²) < 4.78 is 11.9. The van der Waals surface area contributed by atoms with Crippen molar-refractivity contribution in [3.8, 4) is 11.5 Å². The Labute approximate surface area is 171 Å². The van der Waals surface area contributed by atoms with Crippen molar-refractivity contribution in [1.82, 2.24) is 10.2 Å². The van der Waals surface area contributed by atoms with Crippen LogP contribution in [0.15, 0.2) is 52.9 Å². The first kappa shape index (κ1) is 18.8. The van der Waals surface area contributed by atoms with Crippen LogP contribution in [0.25, 0.3) is 0 Å². The van der Waals surface area contributed by atoms with Crippen molar-refractivity contribution < 1.29 is 14.3 Å². The summed E-state index contributed by atoms with van der Waals surface area (Å²) in [5, 5.41) is 11.6. The molecule has 2 aromatic carbocycles. The van der Waals surface area contributed by atoms with Crippen LogP contribution < -0.4 is 14.8 Å². The SMILES string of the molecule is O=C(CCc1ccc2c(c1)OCCO2)Nc1nnc(SCc2ccccc2)s1. The molecule has 0 bridgehead atoms. The van der Waals surface area contributed by atoms with Crippen molar-refractivity contribution in [1.29, 1.82) is 0 Å². The lowest BCUT2D eigenvalue weighted by Gasteiger charge is -2.18. The molecule has 0 atom stereocenters. The first-order valence-electron chi connectivity index (χ1n) is 8.95. The molecule has 6 nitrogen and oxygen atoms in total. The third kappa shape index (κ3) is 5.02. The van der Waals surface area contributed by atoms with Crippen LogP contribution in [0, 0.1) is 0 Å². The molecule has 0 saturated heterocycles. The molecule has 0 fully saturated rings. The van der Waals surface area contributed by atoms with Crippen molar-refractivity contribution in [3.63, 3.8) is 0 Å². The number of carbonyl (C=O) groups excluding carboxylic acids is 1. The molecule has 1 aromatic heterocycles. The van der Waals surface area contributed by atoms with Crippen LogP contribution in [0.4, 0.5) is 5.13 Å². The van der Waals surface area contributed by atoms with Gasteiger partial charge in [-0.05, 0) is 29.7 Å². The monoisotopic (exact) mass is 413 g/mol. The maximum atomic E-state index is 12.2. The molecule has 0 saturated carbocycles. The summed E-state index contributed by atoms with van der Waals surface area (Å²) in [6.07, 6.45) is 0.989. The van der Waals surface area contributed by atoms with Crippen LogP contribution in [0.1, 0.15) is 17.5 Å². The first-order chi connectivity index (χ1) is 13.8. The van der Waals surface area contributed by atoms with E-state index in [1.807, 2.05) is 36.4 Å². The number of thioether (sulfide) groups is 1. The summed E-state index contributed by atoms with van der Waals surface area (Å²) in [4.78, 5) is 12.2. The van der Waals surface area contributed by atoms with E-state index < -0.39 is 0 Å². The molecule has 1 aliphatic rings. The van der Waals surface area contributed by atoms with Gasteiger partial charge in [0.05, 0.1) is 0 Å².